The summed E-state index contributed by atoms with van der Waals surface area (Å²) in [7, 11) is 0. The molecular weight excluding hydrogens is 413 g/mol. The maximum Gasteiger partial charge on any atom is 0.117 e. The Morgan fingerprint density at radius 1 is 1.35 bits per heavy atom. The summed E-state index contributed by atoms with van der Waals surface area (Å²) in [5.41, 5.74) is 2.35. The van der Waals surface area contributed by atoms with Gasteiger partial charge in [0.1, 0.15) is 12.0 Å². The first-order valence-electron chi connectivity index (χ1n) is 11.3. The van der Waals surface area contributed by atoms with Crippen molar-refractivity contribution in [1.29, 1.82) is 5.41 Å². The summed E-state index contributed by atoms with van der Waals surface area (Å²) >= 11 is 1.78. The second kappa shape index (κ2) is 15.4. The lowest BCUT2D eigenvalue weighted by Crippen LogP contribution is -2.45. The van der Waals surface area contributed by atoms with Crippen LogP contribution < -0.4 is 0 Å². The Balaban J connectivity index is 3.25. The summed E-state index contributed by atoms with van der Waals surface area (Å²) in [5, 5.41) is 19.9. The van der Waals surface area contributed by atoms with E-state index in [-0.39, 0.29) is 11.9 Å². The number of ether oxygens (including phenoxy) is 1. The molecule has 0 bridgehead atoms. The topological polar surface area (TPSA) is 68.9 Å². The molecule has 2 N–H and O–H groups in total. The van der Waals surface area contributed by atoms with Gasteiger partial charge in [-0.3, -0.25) is 4.99 Å². The van der Waals surface area contributed by atoms with Crippen molar-refractivity contribution in [3.05, 3.63) is 34.9 Å². The molecule has 31 heavy (non-hydrogen) atoms. The number of thioether (sulfide) groups is 1. The largest absolute Gasteiger partial charge is 0.394 e. The second-order valence-corrected chi connectivity index (χ2v) is 8.74. The molecule has 0 radical (unpaired) electrons. The summed E-state index contributed by atoms with van der Waals surface area (Å²) in [6, 6.07) is 0. The fraction of sp³-hybridized carbons (Fsp3) is 0.667. The van der Waals surface area contributed by atoms with E-state index in [2.05, 4.69) is 31.1 Å². The number of nitrogens with one attached hydrogen (secondary N) is 1. The van der Waals surface area contributed by atoms with Gasteiger partial charge in [-0.25, -0.2) is 4.39 Å². The SMILES string of the molecule is C/C=C\SC(C1=NCC(C(=N)/C=C\CC(C)F)=C(CC)N1CCOCCO)C(C)CC. The predicted octanol–water partition coefficient (Wildman–Crippen LogP) is 5.38. The fourth-order valence-corrected chi connectivity index (χ4v) is 4.51. The van der Waals surface area contributed by atoms with Crippen molar-refractivity contribution in [2.75, 3.05) is 32.9 Å². The van der Waals surface area contributed by atoms with Crippen molar-refractivity contribution in [2.24, 2.45) is 10.9 Å². The Morgan fingerprint density at radius 2 is 2.10 bits per heavy atom. The van der Waals surface area contributed by atoms with Gasteiger partial charge in [-0.05, 0) is 44.1 Å². The molecule has 176 valence electrons. The maximum atomic E-state index is 13.1. The standard InChI is InChI=1S/C24H40FN3O2S/c1-6-16-31-23(18(4)7-2)24-27-17-20(21(26)11-9-10-19(5)25)22(8-3)28(24)12-14-30-15-13-29/h6,9,11,16,18-19,23,26,29H,7-8,10,12-15,17H2,1-5H3/b11-9-,16-6-,26-21?. The number of halogens is 1. The average Bonchev–Trinajstić information content (AvgIpc) is 2.76. The van der Waals surface area contributed by atoms with E-state index in [4.69, 9.17) is 20.2 Å². The molecule has 3 atom stereocenters. The third-order valence-corrected chi connectivity index (χ3v) is 6.62. The number of amidine groups is 1. The van der Waals surface area contributed by atoms with Crippen molar-refractivity contribution in [2.45, 2.75) is 65.3 Å². The van der Waals surface area contributed by atoms with Crippen LogP contribution in [0.5, 0.6) is 0 Å². The number of aliphatic hydroxyl groups is 1. The molecule has 0 aliphatic carbocycles. The molecule has 0 aromatic rings. The van der Waals surface area contributed by atoms with Crippen molar-refractivity contribution in [3.8, 4) is 0 Å². The van der Waals surface area contributed by atoms with E-state index in [0.717, 1.165) is 29.9 Å². The van der Waals surface area contributed by atoms with Crippen molar-refractivity contribution < 1.29 is 14.2 Å². The van der Waals surface area contributed by atoms with Crippen LogP contribution in [0.1, 0.15) is 53.9 Å². The van der Waals surface area contributed by atoms with Crippen LogP contribution in [0.4, 0.5) is 4.39 Å². The average molecular weight is 454 g/mol. The zero-order valence-corrected chi connectivity index (χ0v) is 20.6. The molecule has 0 fully saturated rings. The van der Waals surface area contributed by atoms with E-state index < -0.39 is 6.17 Å². The molecule has 7 heteroatoms. The maximum absolute atomic E-state index is 13.1. The van der Waals surface area contributed by atoms with Crippen LogP contribution in [0.25, 0.3) is 0 Å². The third kappa shape index (κ3) is 8.91. The van der Waals surface area contributed by atoms with Gasteiger partial charge in [0.25, 0.3) is 0 Å². The van der Waals surface area contributed by atoms with Crippen LogP contribution in [-0.4, -0.2) is 65.9 Å². The summed E-state index contributed by atoms with van der Waals surface area (Å²) < 4.78 is 18.7. The molecule has 1 rings (SSSR count). The molecular formula is C24H40FN3O2S. The molecule has 0 aromatic carbocycles. The minimum atomic E-state index is -0.917. The number of aliphatic hydroxyl groups excluding tert-OH is 1. The lowest BCUT2D eigenvalue weighted by atomic mass is 9.98. The van der Waals surface area contributed by atoms with Gasteiger partial charge < -0.3 is 20.2 Å². The summed E-state index contributed by atoms with van der Waals surface area (Å²) in [6.07, 6.45) is 6.67. The Bertz CT molecular complexity index is 674. The van der Waals surface area contributed by atoms with E-state index in [1.807, 2.05) is 13.0 Å². The normalized spacial score (nSPS) is 18.0. The molecule has 0 aromatic heterocycles. The molecule has 0 saturated heterocycles. The Kier molecular flexibility index (Phi) is 13.7. The smallest absolute Gasteiger partial charge is 0.117 e. The second-order valence-electron chi connectivity index (χ2n) is 7.68. The van der Waals surface area contributed by atoms with Crippen LogP contribution in [0.15, 0.2) is 39.9 Å². The first-order chi connectivity index (χ1) is 14.9. The highest BCUT2D eigenvalue weighted by Gasteiger charge is 2.31. The number of aliphatic imine (C=N–C) groups is 1. The highest BCUT2D eigenvalue weighted by atomic mass is 32.2. The highest BCUT2D eigenvalue weighted by molar-refractivity contribution is 8.03. The van der Waals surface area contributed by atoms with Crippen LogP contribution in [0, 0.1) is 11.3 Å². The molecule has 0 amide bonds. The molecule has 1 heterocycles. The van der Waals surface area contributed by atoms with E-state index in [9.17, 15) is 4.39 Å². The summed E-state index contributed by atoms with van der Waals surface area (Å²) in [6.45, 7) is 11.9. The molecule has 5 nitrogen and oxygen atoms in total. The van der Waals surface area contributed by atoms with Gasteiger partial charge in [0.2, 0.25) is 0 Å². The monoisotopic (exact) mass is 453 g/mol. The molecule has 0 saturated carbocycles. The lowest BCUT2D eigenvalue weighted by Gasteiger charge is -2.38. The van der Waals surface area contributed by atoms with E-state index in [0.29, 0.717) is 44.4 Å². The van der Waals surface area contributed by atoms with Gasteiger partial charge in [-0.15, -0.1) is 11.8 Å². The molecule has 1 aliphatic heterocycles. The van der Waals surface area contributed by atoms with Gasteiger partial charge in [0.15, 0.2) is 0 Å². The number of hydrogen-bond acceptors (Lipinski definition) is 6. The number of hydrogen-bond donors (Lipinski definition) is 2. The van der Waals surface area contributed by atoms with Gasteiger partial charge in [-0.2, -0.15) is 0 Å². The Morgan fingerprint density at radius 3 is 2.68 bits per heavy atom. The van der Waals surface area contributed by atoms with Crippen LogP contribution >= 0.6 is 11.8 Å². The third-order valence-electron chi connectivity index (χ3n) is 5.23. The summed E-state index contributed by atoms with van der Waals surface area (Å²) in [4.78, 5) is 7.16. The molecule has 1 aliphatic rings. The molecule has 3 unspecified atom stereocenters. The van der Waals surface area contributed by atoms with Gasteiger partial charge in [0.05, 0.1) is 37.3 Å². The fourth-order valence-electron chi connectivity index (χ4n) is 3.40. The zero-order chi connectivity index (χ0) is 23.2. The molecule has 0 spiro atoms. The number of nitrogens with zero attached hydrogens (tertiary/aromatic N) is 2. The minimum absolute atomic E-state index is 0.00224. The predicted molar refractivity (Wildman–Crippen MR) is 132 cm³/mol. The van der Waals surface area contributed by atoms with Gasteiger partial charge in [-0.1, -0.05) is 39.3 Å². The zero-order valence-electron chi connectivity index (χ0n) is 19.7. The first-order valence-corrected chi connectivity index (χ1v) is 12.2. The van der Waals surface area contributed by atoms with E-state index >= 15 is 0 Å². The van der Waals surface area contributed by atoms with Gasteiger partial charge >= 0.3 is 0 Å². The Hall–Kier alpha value is -1.44. The quantitative estimate of drug-likeness (QED) is 0.258. The first kappa shape index (κ1) is 27.6. The van der Waals surface area contributed by atoms with Crippen molar-refractivity contribution in [3.63, 3.8) is 0 Å². The Labute approximate surface area is 192 Å². The highest BCUT2D eigenvalue weighted by Crippen LogP contribution is 2.31. The van der Waals surface area contributed by atoms with Crippen molar-refractivity contribution >= 4 is 23.3 Å². The minimum Gasteiger partial charge on any atom is -0.394 e. The van der Waals surface area contributed by atoms with Crippen LogP contribution in [-0.2, 0) is 4.74 Å². The van der Waals surface area contributed by atoms with Crippen LogP contribution in [0.2, 0.25) is 0 Å². The summed E-state index contributed by atoms with van der Waals surface area (Å²) in [5.74, 6) is 1.46. The van der Waals surface area contributed by atoms with Crippen LogP contribution in [0.3, 0.4) is 0 Å². The van der Waals surface area contributed by atoms with Gasteiger partial charge in [0, 0.05) is 17.8 Å². The number of allylic oxidation sites excluding steroid dienone is 4. The number of alkyl halides is 1. The lowest BCUT2D eigenvalue weighted by molar-refractivity contribution is 0.0864. The van der Waals surface area contributed by atoms with E-state index in [1.54, 1.807) is 23.9 Å². The van der Waals surface area contributed by atoms with Crippen molar-refractivity contribution in [1.82, 2.24) is 4.90 Å². The van der Waals surface area contributed by atoms with E-state index in [1.165, 1.54) is 6.92 Å². The number of rotatable bonds is 15.